The number of amides is 4. The first-order valence-electron chi connectivity index (χ1n) is 28.0. The molecule has 4 aliphatic heterocycles. The predicted octanol–water partition coefficient (Wildman–Crippen LogP) is 11.1. The van der Waals surface area contributed by atoms with E-state index in [4.69, 9.17) is 19.4 Å². The molecule has 2 aromatic heterocycles. The molecule has 414 valence electrons. The molecule has 4 aromatic carbocycles. The van der Waals surface area contributed by atoms with E-state index >= 15 is 8.78 Å². The number of hydrogen-bond donors (Lipinski definition) is 4. The summed E-state index contributed by atoms with van der Waals surface area (Å²) in [6.07, 6.45) is 7.93. The Kier molecular flexibility index (Phi) is 16.2. The van der Waals surface area contributed by atoms with Gasteiger partial charge in [-0.1, -0.05) is 70.2 Å². The molecule has 4 fully saturated rings. The van der Waals surface area contributed by atoms with Gasteiger partial charge in [0, 0.05) is 31.9 Å². The van der Waals surface area contributed by atoms with Crippen molar-refractivity contribution in [3.05, 3.63) is 119 Å². The number of anilines is 2. The molecule has 6 heterocycles. The maximum atomic E-state index is 16.9. The van der Waals surface area contributed by atoms with Crippen molar-refractivity contribution in [3.8, 4) is 0 Å². The minimum atomic E-state index is -0.767. The van der Waals surface area contributed by atoms with E-state index in [0.717, 1.165) is 78.1 Å². The molecule has 6 atom stereocenters. The van der Waals surface area contributed by atoms with E-state index in [1.807, 2.05) is 62.9 Å². The zero-order valence-electron chi connectivity index (χ0n) is 45.7. The number of piperidine rings is 1. The van der Waals surface area contributed by atoms with Crippen molar-refractivity contribution < 1.29 is 37.4 Å². The molecule has 0 bridgehead atoms. The predicted molar refractivity (Wildman–Crippen MR) is 296 cm³/mol. The Morgan fingerprint density at radius 3 is 1.58 bits per heavy atom. The minimum Gasteiger partial charge on any atom is -0.453 e. The average molecular weight is 1070 g/mol. The van der Waals surface area contributed by atoms with Gasteiger partial charge in [-0.2, -0.15) is 0 Å². The summed E-state index contributed by atoms with van der Waals surface area (Å²) in [5.74, 6) is -0.101. The Morgan fingerprint density at radius 1 is 0.628 bits per heavy atom. The van der Waals surface area contributed by atoms with Gasteiger partial charge in [-0.15, -0.1) is 0 Å². The fourth-order valence-electron chi connectivity index (χ4n) is 12.7. The van der Waals surface area contributed by atoms with Crippen LogP contribution < -0.4 is 20.4 Å². The molecule has 0 unspecified atom stereocenters. The Labute approximate surface area is 455 Å². The monoisotopic (exact) mass is 1070 g/mol. The number of carbonyl (C=O) groups excluding carboxylic acids is 4. The van der Waals surface area contributed by atoms with Crippen LogP contribution in [0.3, 0.4) is 0 Å². The Morgan fingerprint density at radius 2 is 1.12 bits per heavy atom. The van der Waals surface area contributed by atoms with Crippen molar-refractivity contribution in [2.24, 2.45) is 17.8 Å². The number of fused-ring (bicyclic) bond motifs is 2. The van der Waals surface area contributed by atoms with Gasteiger partial charge in [0.2, 0.25) is 11.8 Å². The molecule has 16 nitrogen and oxygen atoms in total. The Bertz CT molecular complexity index is 2950. The third kappa shape index (κ3) is 11.2. The van der Waals surface area contributed by atoms with Crippen molar-refractivity contribution in [1.29, 1.82) is 0 Å². The fraction of sp³-hybridized carbons (Fsp3) is 0.500. The van der Waals surface area contributed by atoms with E-state index in [1.54, 1.807) is 9.80 Å². The molecule has 78 heavy (non-hydrogen) atoms. The van der Waals surface area contributed by atoms with Crippen LogP contribution in [-0.4, -0.2) is 106 Å². The number of ether oxygens (including phenoxy) is 2. The van der Waals surface area contributed by atoms with E-state index in [-0.39, 0.29) is 53.5 Å². The molecule has 0 aliphatic carbocycles. The quantitative estimate of drug-likeness (QED) is 0.0728. The number of methoxy groups -OCH3 is 2. The summed E-state index contributed by atoms with van der Waals surface area (Å²) in [7, 11) is 2.56. The standard InChI is InChI=1S/C60H74F2N10O6/c1-35(2)52(67-59(75)77-5)57(73)70-27-11-17-50(70)55-63-44-21-19-39(31-46(44)65-55)48-23-24-49(40-20-22-45-47(32-40)66-56(64-45)51-18-12-28-71(51)58(74)53(36(3)4)68-60(76)78-6)72(48)41-33-42(61)54(43(62)34-41)69-29-25-38(26-30-69)16-10-15-37-13-8-7-9-14-37/h7-9,13-14,19-22,31-36,38,48-53H,10-12,15-18,23-30H2,1-6H3,(H,63,65)(H,64,66)(H,67,75)(H,68,76)/t48-,49-,50+,51+,52+,53+/m1/s1. The first kappa shape index (κ1) is 54.1. The zero-order chi connectivity index (χ0) is 54.8. The second-order valence-electron chi connectivity index (χ2n) is 22.5. The van der Waals surface area contributed by atoms with Gasteiger partial charge in [-0.3, -0.25) is 9.59 Å². The number of aromatic amines is 2. The maximum Gasteiger partial charge on any atom is 0.407 e. The summed E-state index contributed by atoms with van der Waals surface area (Å²) in [5.41, 5.74) is 6.69. The molecular weight excluding hydrogens is 995 g/mol. The first-order valence-corrected chi connectivity index (χ1v) is 28.0. The van der Waals surface area contributed by atoms with Crippen LogP contribution in [0.5, 0.6) is 0 Å². The summed E-state index contributed by atoms with van der Waals surface area (Å²) in [4.78, 5) is 77.2. The molecule has 4 N–H and O–H groups in total. The lowest BCUT2D eigenvalue weighted by Crippen LogP contribution is -2.51. The smallest absolute Gasteiger partial charge is 0.407 e. The minimum absolute atomic E-state index is 0.0204. The molecular formula is C60H74F2N10O6. The number of H-pyrrole nitrogens is 2. The molecule has 18 heteroatoms. The topological polar surface area (TPSA) is 181 Å². The number of imidazole rings is 2. The lowest BCUT2D eigenvalue weighted by molar-refractivity contribution is -0.136. The molecule has 4 amide bonds. The van der Waals surface area contributed by atoms with Gasteiger partial charge < -0.3 is 49.7 Å². The number of benzene rings is 4. The van der Waals surface area contributed by atoms with Crippen molar-refractivity contribution in [3.63, 3.8) is 0 Å². The van der Waals surface area contributed by atoms with Gasteiger partial charge in [0.25, 0.3) is 0 Å². The summed E-state index contributed by atoms with van der Waals surface area (Å²) in [6.45, 7) is 9.76. The van der Waals surface area contributed by atoms with Crippen LogP contribution in [0.1, 0.15) is 144 Å². The zero-order valence-corrected chi connectivity index (χ0v) is 45.7. The van der Waals surface area contributed by atoms with Gasteiger partial charge >= 0.3 is 12.2 Å². The van der Waals surface area contributed by atoms with Gasteiger partial charge in [0.05, 0.1) is 60.5 Å². The Balaban J connectivity index is 0.939. The second kappa shape index (κ2) is 23.4. The molecule has 10 rings (SSSR count). The van der Waals surface area contributed by atoms with E-state index in [1.165, 1.54) is 31.9 Å². The summed E-state index contributed by atoms with van der Waals surface area (Å²) in [6, 6.07) is 22.9. The third-order valence-electron chi connectivity index (χ3n) is 16.8. The van der Waals surface area contributed by atoms with E-state index < -0.39 is 35.9 Å². The fourth-order valence-corrected chi connectivity index (χ4v) is 12.7. The Hall–Kier alpha value is -7.24. The molecule has 0 spiro atoms. The van der Waals surface area contributed by atoms with Crippen molar-refractivity contribution in [2.45, 2.75) is 135 Å². The summed E-state index contributed by atoms with van der Waals surface area (Å²) < 4.78 is 43.5. The van der Waals surface area contributed by atoms with E-state index in [2.05, 4.69) is 61.9 Å². The lowest BCUT2D eigenvalue weighted by Gasteiger charge is -2.36. The number of hydrogen-bond acceptors (Lipinski definition) is 10. The number of nitrogens with one attached hydrogen (secondary N) is 4. The van der Waals surface area contributed by atoms with Crippen LogP contribution >= 0.6 is 0 Å². The summed E-state index contributed by atoms with van der Waals surface area (Å²) in [5, 5.41) is 5.44. The van der Waals surface area contributed by atoms with E-state index in [9.17, 15) is 19.2 Å². The number of alkyl carbamates (subject to hydrolysis) is 2. The number of aryl methyl sites for hydroxylation is 1. The molecule has 0 radical (unpaired) electrons. The normalized spacial score (nSPS) is 20.8. The van der Waals surface area contributed by atoms with Gasteiger partial charge in [-0.05, 0) is 141 Å². The highest BCUT2D eigenvalue weighted by atomic mass is 19.1. The van der Waals surface area contributed by atoms with Gasteiger partial charge in [0.15, 0.2) is 11.6 Å². The SMILES string of the molecule is COC(=O)N[C@H](C(=O)N1CCC[C@H]1c1nc2ccc([C@H]3CC[C@H](c4ccc5nc([C@@H]6CCCN6C(=O)[C@@H](NC(=O)OC)C(C)C)[nH]c5c4)N3c3cc(F)c(N4CCC(CCCc5ccccc5)CC4)c(F)c3)cc2[nH]1)C(C)C. The second-order valence-corrected chi connectivity index (χ2v) is 22.5. The van der Waals surface area contributed by atoms with Gasteiger partial charge in [-0.25, -0.2) is 28.3 Å². The number of halogens is 2. The average Bonchev–Trinajstić information content (AvgIpc) is 4.45. The van der Waals surface area contributed by atoms with Gasteiger partial charge in [0.1, 0.15) is 29.4 Å². The largest absolute Gasteiger partial charge is 0.453 e. The number of carbonyl (C=O) groups is 4. The van der Waals surface area contributed by atoms with Crippen LogP contribution in [0.25, 0.3) is 22.1 Å². The van der Waals surface area contributed by atoms with E-state index in [0.29, 0.717) is 75.1 Å². The third-order valence-corrected chi connectivity index (χ3v) is 16.8. The highest BCUT2D eigenvalue weighted by Crippen LogP contribution is 2.49. The summed E-state index contributed by atoms with van der Waals surface area (Å²) >= 11 is 0. The van der Waals surface area contributed by atoms with Crippen molar-refractivity contribution in [1.82, 2.24) is 40.4 Å². The first-order chi connectivity index (χ1) is 37.7. The molecule has 4 aliphatic rings. The number of rotatable bonds is 16. The van der Waals surface area contributed by atoms with Crippen LogP contribution in [0.2, 0.25) is 0 Å². The number of nitrogens with zero attached hydrogens (tertiary/aromatic N) is 6. The highest BCUT2D eigenvalue weighted by Gasteiger charge is 2.41. The van der Waals surface area contributed by atoms with Crippen LogP contribution in [0.15, 0.2) is 78.9 Å². The van der Waals surface area contributed by atoms with Crippen LogP contribution in [-0.2, 0) is 25.5 Å². The molecule has 0 saturated carbocycles. The van der Waals surface area contributed by atoms with Crippen LogP contribution in [0, 0.1) is 29.4 Å². The number of aromatic nitrogens is 4. The van der Waals surface area contributed by atoms with Crippen LogP contribution in [0.4, 0.5) is 29.7 Å². The highest BCUT2D eigenvalue weighted by molar-refractivity contribution is 5.88. The van der Waals surface area contributed by atoms with Crippen molar-refractivity contribution >= 4 is 57.4 Å². The molecule has 4 saturated heterocycles. The maximum absolute atomic E-state index is 16.9. The number of likely N-dealkylation sites (tertiary alicyclic amines) is 2. The van der Waals surface area contributed by atoms with Crippen molar-refractivity contribution in [2.75, 3.05) is 50.2 Å². The lowest BCUT2D eigenvalue weighted by atomic mass is 9.90. The molecule has 6 aromatic rings.